The number of hydrogen-bond donors (Lipinski definition) is 0. The van der Waals surface area contributed by atoms with Crippen molar-refractivity contribution in [3.8, 4) is 5.75 Å². The topological polar surface area (TPSA) is 45.3 Å². The number of thiophene rings is 1. The average Bonchev–Trinajstić information content (AvgIpc) is 3.18. The van der Waals surface area contributed by atoms with Crippen molar-refractivity contribution in [1.29, 1.82) is 0 Å². The van der Waals surface area contributed by atoms with Crippen LogP contribution in [-0.4, -0.2) is 85.7 Å². The standard InChI is InChI=1S/C24H32ClN3O3S/c1-19-7-14-32-22(19)16-27-12-13-31-24(17-27,18-30-21-5-3-20(25)4-6-21)15-23(29)28-10-8-26(2)9-11-28/h3-7,14H,8-13,15-18H2,1-2H3/t24-/m0/s1. The second-order valence-electron chi connectivity index (χ2n) is 8.87. The van der Waals surface area contributed by atoms with E-state index in [0.717, 1.165) is 45.0 Å². The number of benzene rings is 1. The Morgan fingerprint density at radius 1 is 1.16 bits per heavy atom. The normalized spacial score (nSPS) is 22.8. The minimum Gasteiger partial charge on any atom is -0.491 e. The molecular weight excluding hydrogens is 446 g/mol. The van der Waals surface area contributed by atoms with Gasteiger partial charge in [0.1, 0.15) is 18.0 Å². The van der Waals surface area contributed by atoms with Crippen molar-refractivity contribution >= 4 is 28.8 Å². The first-order valence-corrected chi connectivity index (χ1v) is 12.4. The Hall–Kier alpha value is -1.64. The summed E-state index contributed by atoms with van der Waals surface area (Å²) in [6.07, 6.45) is 0.324. The average molecular weight is 478 g/mol. The zero-order valence-electron chi connectivity index (χ0n) is 18.9. The summed E-state index contributed by atoms with van der Waals surface area (Å²) in [5.41, 5.74) is 0.641. The number of ether oxygens (including phenoxy) is 2. The Labute approximate surface area is 199 Å². The van der Waals surface area contributed by atoms with Gasteiger partial charge in [-0.3, -0.25) is 9.69 Å². The molecule has 0 bridgehead atoms. The number of rotatable bonds is 7. The smallest absolute Gasteiger partial charge is 0.225 e. The van der Waals surface area contributed by atoms with Crippen molar-refractivity contribution in [1.82, 2.24) is 14.7 Å². The van der Waals surface area contributed by atoms with E-state index in [1.807, 2.05) is 29.2 Å². The Balaban J connectivity index is 1.47. The SMILES string of the molecule is Cc1ccsc1CN1CCO[C@@](COc2ccc(Cl)cc2)(CC(=O)N2CCN(C)CC2)C1. The number of halogens is 1. The van der Waals surface area contributed by atoms with Crippen LogP contribution in [-0.2, 0) is 16.1 Å². The number of amides is 1. The highest BCUT2D eigenvalue weighted by Gasteiger charge is 2.41. The first-order chi connectivity index (χ1) is 15.4. The molecule has 174 valence electrons. The maximum absolute atomic E-state index is 13.2. The van der Waals surface area contributed by atoms with E-state index >= 15 is 0 Å². The van der Waals surface area contributed by atoms with Crippen LogP contribution >= 0.6 is 22.9 Å². The summed E-state index contributed by atoms with van der Waals surface area (Å²) >= 11 is 7.80. The summed E-state index contributed by atoms with van der Waals surface area (Å²) in [7, 11) is 2.10. The number of nitrogens with zero attached hydrogens (tertiary/aromatic N) is 3. The summed E-state index contributed by atoms with van der Waals surface area (Å²) in [5, 5.41) is 2.81. The van der Waals surface area contributed by atoms with Crippen LogP contribution in [0.1, 0.15) is 16.9 Å². The molecule has 1 aromatic carbocycles. The predicted octanol–water partition coefficient (Wildman–Crippen LogP) is 3.52. The molecule has 3 heterocycles. The molecule has 8 heteroatoms. The van der Waals surface area contributed by atoms with Crippen LogP contribution in [0.4, 0.5) is 0 Å². The van der Waals surface area contributed by atoms with Crippen molar-refractivity contribution in [2.24, 2.45) is 0 Å². The molecule has 6 nitrogen and oxygen atoms in total. The molecule has 2 saturated heterocycles. The lowest BCUT2D eigenvalue weighted by atomic mass is 9.96. The van der Waals surface area contributed by atoms with Crippen LogP contribution in [0, 0.1) is 6.92 Å². The van der Waals surface area contributed by atoms with Crippen LogP contribution < -0.4 is 4.74 Å². The van der Waals surface area contributed by atoms with Gasteiger partial charge in [-0.1, -0.05) is 11.6 Å². The second kappa shape index (κ2) is 10.5. The lowest BCUT2D eigenvalue weighted by Crippen LogP contribution is -2.58. The van der Waals surface area contributed by atoms with Gasteiger partial charge in [0.15, 0.2) is 0 Å². The number of morpholine rings is 1. The number of aryl methyl sites for hydroxylation is 1. The highest BCUT2D eigenvalue weighted by atomic mass is 35.5. The van der Waals surface area contributed by atoms with E-state index in [2.05, 4.69) is 35.2 Å². The van der Waals surface area contributed by atoms with E-state index in [1.165, 1.54) is 10.4 Å². The number of hydrogen-bond acceptors (Lipinski definition) is 6. The van der Waals surface area contributed by atoms with Gasteiger partial charge < -0.3 is 19.3 Å². The third-order valence-electron chi connectivity index (χ3n) is 6.31. The van der Waals surface area contributed by atoms with E-state index in [1.54, 1.807) is 11.3 Å². The highest BCUT2D eigenvalue weighted by molar-refractivity contribution is 7.10. The molecule has 0 radical (unpaired) electrons. The monoisotopic (exact) mass is 477 g/mol. The molecule has 1 atom stereocenters. The van der Waals surface area contributed by atoms with E-state index < -0.39 is 5.60 Å². The summed E-state index contributed by atoms with van der Waals surface area (Å²) in [6.45, 7) is 8.80. The zero-order chi connectivity index (χ0) is 22.6. The molecular formula is C24H32ClN3O3S. The van der Waals surface area contributed by atoms with Crippen LogP contribution in [0.5, 0.6) is 5.75 Å². The van der Waals surface area contributed by atoms with Gasteiger partial charge in [0.25, 0.3) is 0 Å². The predicted molar refractivity (Wildman–Crippen MR) is 129 cm³/mol. The van der Waals surface area contributed by atoms with E-state index in [-0.39, 0.29) is 5.91 Å². The minimum absolute atomic E-state index is 0.145. The highest BCUT2D eigenvalue weighted by Crippen LogP contribution is 2.28. The van der Waals surface area contributed by atoms with Gasteiger partial charge in [0.2, 0.25) is 5.91 Å². The van der Waals surface area contributed by atoms with Gasteiger partial charge in [-0.15, -0.1) is 11.3 Å². The fourth-order valence-electron chi connectivity index (χ4n) is 4.26. The van der Waals surface area contributed by atoms with Crippen LogP contribution in [0.3, 0.4) is 0 Å². The summed E-state index contributed by atoms with van der Waals surface area (Å²) in [5.74, 6) is 0.877. The molecule has 2 fully saturated rings. The van der Waals surface area contributed by atoms with Gasteiger partial charge in [-0.2, -0.15) is 0 Å². The lowest BCUT2D eigenvalue weighted by Gasteiger charge is -2.43. The van der Waals surface area contributed by atoms with Crippen molar-refractivity contribution < 1.29 is 14.3 Å². The van der Waals surface area contributed by atoms with Gasteiger partial charge in [0, 0.05) is 55.7 Å². The summed E-state index contributed by atoms with van der Waals surface area (Å²) in [4.78, 5) is 21.2. The fourth-order valence-corrected chi connectivity index (χ4v) is 5.34. The molecule has 0 spiro atoms. The molecule has 32 heavy (non-hydrogen) atoms. The van der Waals surface area contributed by atoms with Crippen molar-refractivity contribution in [3.63, 3.8) is 0 Å². The van der Waals surface area contributed by atoms with E-state index in [4.69, 9.17) is 21.1 Å². The summed E-state index contributed by atoms with van der Waals surface area (Å²) in [6, 6.07) is 9.50. The molecule has 2 aliphatic rings. The number of carbonyl (C=O) groups excluding carboxylic acids is 1. The Bertz CT molecular complexity index is 898. The molecule has 4 rings (SSSR count). The Morgan fingerprint density at radius 3 is 2.59 bits per heavy atom. The molecule has 2 aliphatic heterocycles. The van der Waals surface area contributed by atoms with Crippen LogP contribution in [0.2, 0.25) is 5.02 Å². The third kappa shape index (κ3) is 6.02. The maximum atomic E-state index is 13.2. The quantitative estimate of drug-likeness (QED) is 0.610. The van der Waals surface area contributed by atoms with Crippen molar-refractivity contribution in [3.05, 3.63) is 51.2 Å². The summed E-state index contributed by atoms with van der Waals surface area (Å²) < 4.78 is 12.5. The number of piperazine rings is 1. The molecule has 1 aromatic heterocycles. The zero-order valence-corrected chi connectivity index (χ0v) is 20.5. The minimum atomic E-state index is -0.677. The molecule has 0 N–H and O–H groups in total. The van der Waals surface area contributed by atoms with Crippen LogP contribution in [0.25, 0.3) is 0 Å². The van der Waals surface area contributed by atoms with Crippen molar-refractivity contribution in [2.45, 2.75) is 25.5 Å². The molecule has 0 aliphatic carbocycles. The van der Waals surface area contributed by atoms with Gasteiger partial charge in [-0.25, -0.2) is 0 Å². The molecule has 0 saturated carbocycles. The lowest BCUT2D eigenvalue weighted by molar-refractivity contribution is -0.157. The molecule has 0 unspecified atom stereocenters. The largest absolute Gasteiger partial charge is 0.491 e. The van der Waals surface area contributed by atoms with Gasteiger partial charge in [-0.05, 0) is 55.2 Å². The first kappa shape index (κ1) is 23.5. The first-order valence-electron chi connectivity index (χ1n) is 11.2. The fraction of sp³-hybridized carbons (Fsp3) is 0.542. The van der Waals surface area contributed by atoms with E-state index in [0.29, 0.717) is 31.2 Å². The van der Waals surface area contributed by atoms with Gasteiger partial charge >= 0.3 is 0 Å². The number of carbonyl (C=O) groups is 1. The number of likely N-dealkylation sites (N-methyl/N-ethyl adjacent to an activating group) is 1. The second-order valence-corrected chi connectivity index (χ2v) is 10.3. The Kier molecular flexibility index (Phi) is 7.74. The molecule has 1 amide bonds. The third-order valence-corrected chi connectivity index (χ3v) is 7.57. The maximum Gasteiger partial charge on any atom is 0.225 e. The molecule has 2 aromatic rings. The van der Waals surface area contributed by atoms with Crippen LogP contribution in [0.15, 0.2) is 35.7 Å². The van der Waals surface area contributed by atoms with Crippen molar-refractivity contribution in [2.75, 3.05) is 59.5 Å². The Morgan fingerprint density at radius 2 is 1.91 bits per heavy atom. The van der Waals surface area contributed by atoms with Gasteiger partial charge in [0.05, 0.1) is 13.0 Å². The van der Waals surface area contributed by atoms with E-state index in [9.17, 15) is 4.79 Å².